The fraction of sp³-hybridized carbons (Fsp3) is 0.0952. The third-order valence-electron chi connectivity index (χ3n) is 4.92. The third-order valence-corrected chi connectivity index (χ3v) is 4.92. The van der Waals surface area contributed by atoms with Crippen molar-refractivity contribution < 1.29 is 9.59 Å². The van der Waals surface area contributed by atoms with E-state index in [9.17, 15) is 9.59 Å². The molecule has 0 atom stereocenters. The van der Waals surface area contributed by atoms with E-state index in [2.05, 4.69) is 4.98 Å². The van der Waals surface area contributed by atoms with Gasteiger partial charge in [-0.2, -0.15) is 0 Å². The first kappa shape index (κ1) is 14.8. The molecular weight excluding hydrogens is 326 g/mol. The summed E-state index contributed by atoms with van der Waals surface area (Å²) in [6, 6.07) is 18.7. The van der Waals surface area contributed by atoms with Gasteiger partial charge in [-0.1, -0.05) is 36.4 Å². The fourth-order valence-electron chi connectivity index (χ4n) is 3.76. The first-order valence-corrected chi connectivity index (χ1v) is 8.56. The Kier molecular flexibility index (Phi) is 3.00. The van der Waals surface area contributed by atoms with Crippen LogP contribution >= 0.6 is 0 Å². The molecule has 0 unspecified atom stereocenters. The molecule has 0 fully saturated rings. The number of benzene rings is 3. The molecule has 0 N–H and O–H groups in total. The second kappa shape index (κ2) is 5.26. The lowest BCUT2D eigenvalue weighted by atomic mass is 9.94. The number of carbonyl (C=O) groups excluding carboxylic acids is 2. The first-order valence-electron chi connectivity index (χ1n) is 8.56. The van der Waals surface area contributed by atoms with E-state index in [1.54, 1.807) is 12.1 Å². The summed E-state index contributed by atoms with van der Waals surface area (Å²) in [4.78, 5) is 32.2. The monoisotopic (exact) mass is 341 g/mol. The Morgan fingerprint density at radius 2 is 1.50 bits per heavy atom. The molecule has 0 saturated carbocycles. The Bertz CT molecular complexity index is 1170. The Hall–Kier alpha value is -3.47. The quantitative estimate of drug-likeness (QED) is 0.518. The van der Waals surface area contributed by atoms with Crippen LogP contribution in [0.25, 0.3) is 21.8 Å². The highest BCUT2D eigenvalue weighted by atomic mass is 16.2. The summed E-state index contributed by atoms with van der Waals surface area (Å²) in [6.45, 7) is 2.59. The number of para-hydroxylation sites is 2. The Morgan fingerprint density at radius 1 is 0.846 bits per heavy atom. The van der Waals surface area contributed by atoms with E-state index in [0.29, 0.717) is 23.6 Å². The van der Waals surface area contributed by atoms with Gasteiger partial charge in [-0.05, 0) is 36.6 Å². The van der Waals surface area contributed by atoms with Crippen molar-refractivity contribution in [2.75, 3.05) is 4.90 Å². The van der Waals surface area contributed by atoms with Crippen LogP contribution in [0.5, 0.6) is 0 Å². The van der Waals surface area contributed by atoms with Crippen LogP contribution in [0.4, 0.5) is 5.95 Å². The van der Waals surface area contributed by atoms with E-state index in [1.165, 1.54) is 4.90 Å². The molecule has 0 bridgehead atoms. The van der Waals surface area contributed by atoms with E-state index < -0.39 is 0 Å². The minimum atomic E-state index is -0.329. The highest BCUT2D eigenvalue weighted by Crippen LogP contribution is 2.33. The van der Waals surface area contributed by atoms with Crippen molar-refractivity contribution >= 4 is 39.6 Å². The second-order valence-corrected chi connectivity index (χ2v) is 6.30. The number of imide groups is 1. The molecular formula is C21H15N3O2. The lowest BCUT2D eigenvalue weighted by molar-refractivity contribution is 0.0890. The van der Waals surface area contributed by atoms with Gasteiger partial charge in [-0.3, -0.25) is 9.59 Å². The van der Waals surface area contributed by atoms with Gasteiger partial charge in [0.1, 0.15) is 0 Å². The zero-order chi connectivity index (χ0) is 17.8. The molecule has 4 aromatic rings. The lowest BCUT2D eigenvalue weighted by Crippen LogP contribution is -2.42. The van der Waals surface area contributed by atoms with Gasteiger partial charge in [-0.25, -0.2) is 9.88 Å². The highest BCUT2D eigenvalue weighted by Gasteiger charge is 2.36. The van der Waals surface area contributed by atoms with Crippen LogP contribution in [0.3, 0.4) is 0 Å². The predicted octanol–water partition coefficient (Wildman–Crippen LogP) is 4.01. The molecule has 5 rings (SSSR count). The number of aryl methyl sites for hydroxylation is 1. The average molecular weight is 341 g/mol. The summed E-state index contributed by atoms with van der Waals surface area (Å²) < 4.78 is 1.90. The Morgan fingerprint density at radius 3 is 2.15 bits per heavy atom. The highest BCUT2D eigenvalue weighted by molar-refractivity contribution is 6.35. The van der Waals surface area contributed by atoms with Gasteiger partial charge in [0.25, 0.3) is 11.8 Å². The largest absolute Gasteiger partial charge is 0.310 e. The average Bonchev–Trinajstić information content (AvgIpc) is 3.04. The van der Waals surface area contributed by atoms with Crippen molar-refractivity contribution in [1.82, 2.24) is 9.55 Å². The maximum Gasteiger partial charge on any atom is 0.268 e. The van der Waals surface area contributed by atoms with Crippen molar-refractivity contribution in [3.63, 3.8) is 0 Å². The van der Waals surface area contributed by atoms with Crippen LogP contribution in [-0.4, -0.2) is 21.4 Å². The number of rotatable bonds is 2. The predicted molar refractivity (Wildman–Crippen MR) is 100 cm³/mol. The van der Waals surface area contributed by atoms with Gasteiger partial charge in [-0.15, -0.1) is 0 Å². The summed E-state index contributed by atoms with van der Waals surface area (Å²) in [7, 11) is 0. The molecule has 5 heteroatoms. The van der Waals surface area contributed by atoms with Gasteiger partial charge in [0.15, 0.2) is 0 Å². The molecule has 26 heavy (non-hydrogen) atoms. The number of amides is 2. The van der Waals surface area contributed by atoms with Crippen molar-refractivity contribution in [3.8, 4) is 0 Å². The number of anilines is 1. The minimum Gasteiger partial charge on any atom is -0.310 e. The molecule has 5 nitrogen and oxygen atoms in total. The standard InChI is InChI=1S/C21H15N3O2/c1-2-23-17-12-4-3-11-16(17)22-21(23)24-19(25)14-9-5-7-13-8-6-10-15(18(13)14)20(24)26/h3-12H,2H2,1H3. The maximum absolute atomic E-state index is 13.2. The van der Waals surface area contributed by atoms with Gasteiger partial charge < -0.3 is 4.57 Å². The molecule has 2 heterocycles. The van der Waals surface area contributed by atoms with Gasteiger partial charge in [0, 0.05) is 23.1 Å². The Labute approximate surface area is 149 Å². The van der Waals surface area contributed by atoms with E-state index >= 15 is 0 Å². The number of aromatic nitrogens is 2. The lowest BCUT2D eigenvalue weighted by Gasteiger charge is -2.26. The van der Waals surface area contributed by atoms with Crippen LogP contribution in [0.1, 0.15) is 27.6 Å². The normalized spacial score (nSPS) is 13.8. The van der Waals surface area contributed by atoms with Gasteiger partial charge >= 0.3 is 0 Å². The number of nitrogens with zero attached hydrogens (tertiary/aromatic N) is 3. The smallest absolute Gasteiger partial charge is 0.268 e. The number of hydrogen-bond acceptors (Lipinski definition) is 3. The number of hydrogen-bond donors (Lipinski definition) is 0. The molecule has 1 aliphatic rings. The van der Waals surface area contributed by atoms with E-state index in [4.69, 9.17) is 0 Å². The molecule has 1 aromatic heterocycles. The summed E-state index contributed by atoms with van der Waals surface area (Å²) in [6.07, 6.45) is 0. The fourth-order valence-corrected chi connectivity index (χ4v) is 3.76. The van der Waals surface area contributed by atoms with Gasteiger partial charge in [0.2, 0.25) is 5.95 Å². The molecule has 126 valence electrons. The van der Waals surface area contributed by atoms with Crippen LogP contribution in [0, 0.1) is 0 Å². The number of imidazole rings is 1. The number of carbonyl (C=O) groups is 2. The van der Waals surface area contributed by atoms with Crippen molar-refractivity contribution in [2.24, 2.45) is 0 Å². The molecule has 0 radical (unpaired) electrons. The number of fused-ring (bicyclic) bond motifs is 1. The van der Waals surface area contributed by atoms with E-state index in [0.717, 1.165) is 21.8 Å². The van der Waals surface area contributed by atoms with Crippen LogP contribution in [-0.2, 0) is 6.54 Å². The second-order valence-electron chi connectivity index (χ2n) is 6.30. The van der Waals surface area contributed by atoms with E-state index in [-0.39, 0.29) is 11.8 Å². The zero-order valence-electron chi connectivity index (χ0n) is 14.1. The summed E-state index contributed by atoms with van der Waals surface area (Å²) in [5.41, 5.74) is 2.74. The third kappa shape index (κ3) is 1.82. The molecule has 2 amide bonds. The van der Waals surface area contributed by atoms with Gasteiger partial charge in [0.05, 0.1) is 11.0 Å². The summed E-state index contributed by atoms with van der Waals surface area (Å²) in [5, 5.41) is 1.62. The SMILES string of the molecule is CCn1c(N2C(=O)c3cccc4cccc(c34)C2=O)nc2ccccc21. The first-order chi connectivity index (χ1) is 12.7. The zero-order valence-corrected chi connectivity index (χ0v) is 14.1. The summed E-state index contributed by atoms with van der Waals surface area (Å²) in [5.74, 6) is -0.288. The van der Waals surface area contributed by atoms with Crippen LogP contribution in [0.15, 0.2) is 60.7 Å². The maximum atomic E-state index is 13.2. The van der Waals surface area contributed by atoms with Crippen molar-refractivity contribution in [2.45, 2.75) is 13.5 Å². The molecule has 0 saturated heterocycles. The van der Waals surface area contributed by atoms with Crippen molar-refractivity contribution in [3.05, 3.63) is 71.8 Å². The van der Waals surface area contributed by atoms with E-state index in [1.807, 2.05) is 60.0 Å². The molecule has 0 aliphatic carbocycles. The Balaban J connectivity index is 1.80. The molecule has 0 spiro atoms. The topological polar surface area (TPSA) is 55.2 Å². The van der Waals surface area contributed by atoms with Crippen molar-refractivity contribution in [1.29, 1.82) is 0 Å². The summed E-state index contributed by atoms with van der Waals surface area (Å²) >= 11 is 0. The molecule has 1 aliphatic heterocycles. The van der Waals surface area contributed by atoms with Crippen LogP contribution in [0.2, 0.25) is 0 Å². The minimum absolute atomic E-state index is 0.329. The van der Waals surface area contributed by atoms with Crippen LogP contribution < -0.4 is 4.90 Å². The molecule has 3 aromatic carbocycles.